The third-order valence-corrected chi connectivity index (χ3v) is 2.67. The monoisotopic (exact) mass is 250 g/mol. The van der Waals surface area contributed by atoms with Gasteiger partial charge in [-0.2, -0.15) is 0 Å². The highest BCUT2D eigenvalue weighted by atomic mass is 16.5. The molecule has 1 rings (SSSR count). The van der Waals surface area contributed by atoms with Gasteiger partial charge in [0.25, 0.3) is 5.91 Å². The van der Waals surface area contributed by atoms with Crippen molar-refractivity contribution < 1.29 is 14.3 Å². The van der Waals surface area contributed by atoms with E-state index in [1.807, 2.05) is 13.8 Å². The van der Waals surface area contributed by atoms with Crippen molar-refractivity contribution in [3.05, 3.63) is 23.8 Å². The lowest BCUT2D eigenvalue weighted by molar-refractivity contribution is -0.105. The van der Waals surface area contributed by atoms with Gasteiger partial charge in [-0.15, -0.1) is 0 Å². The molecule has 0 bridgehead atoms. The van der Waals surface area contributed by atoms with Crippen LogP contribution in [0.15, 0.2) is 18.2 Å². The van der Waals surface area contributed by atoms with Crippen molar-refractivity contribution in [3.8, 4) is 5.75 Å². The maximum absolute atomic E-state index is 11.9. The molecule has 0 aliphatic carbocycles. The maximum atomic E-state index is 11.9. The first-order valence-electron chi connectivity index (χ1n) is 5.81. The Labute approximate surface area is 107 Å². The van der Waals surface area contributed by atoms with E-state index in [-0.39, 0.29) is 11.9 Å². The van der Waals surface area contributed by atoms with Gasteiger partial charge in [-0.25, -0.2) is 0 Å². The molecule has 0 spiro atoms. The van der Waals surface area contributed by atoms with Gasteiger partial charge in [0.2, 0.25) is 6.41 Å². The van der Waals surface area contributed by atoms with Crippen molar-refractivity contribution in [2.45, 2.75) is 26.3 Å². The third-order valence-electron chi connectivity index (χ3n) is 2.67. The van der Waals surface area contributed by atoms with Gasteiger partial charge >= 0.3 is 0 Å². The zero-order valence-corrected chi connectivity index (χ0v) is 10.8. The molecule has 5 nitrogen and oxygen atoms in total. The van der Waals surface area contributed by atoms with E-state index >= 15 is 0 Å². The zero-order chi connectivity index (χ0) is 13.5. The number of hydrogen-bond donors (Lipinski definition) is 2. The first-order chi connectivity index (χ1) is 8.62. The molecule has 0 radical (unpaired) electrons. The van der Waals surface area contributed by atoms with Gasteiger partial charge in [0, 0.05) is 11.6 Å². The maximum Gasteiger partial charge on any atom is 0.251 e. The van der Waals surface area contributed by atoms with E-state index in [2.05, 4.69) is 10.6 Å². The minimum atomic E-state index is -0.152. The van der Waals surface area contributed by atoms with E-state index in [1.54, 1.807) is 18.2 Å². The van der Waals surface area contributed by atoms with Crippen LogP contribution in [0, 0.1) is 0 Å². The van der Waals surface area contributed by atoms with Gasteiger partial charge in [-0.05, 0) is 31.5 Å². The molecule has 0 fully saturated rings. The Morgan fingerprint density at radius 1 is 1.50 bits per heavy atom. The van der Waals surface area contributed by atoms with E-state index in [1.165, 1.54) is 7.11 Å². The van der Waals surface area contributed by atoms with E-state index in [0.29, 0.717) is 23.4 Å². The quantitative estimate of drug-likeness (QED) is 0.756. The molecule has 1 unspecified atom stereocenters. The summed E-state index contributed by atoms with van der Waals surface area (Å²) in [4.78, 5) is 22.3. The first-order valence-corrected chi connectivity index (χ1v) is 5.81. The SMILES string of the molecule is CCC(C)NC(=O)c1ccc(NC=O)c(OC)c1. The summed E-state index contributed by atoms with van der Waals surface area (Å²) in [6.45, 7) is 3.94. The highest BCUT2D eigenvalue weighted by Crippen LogP contribution is 2.25. The minimum Gasteiger partial charge on any atom is -0.495 e. The average molecular weight is 250 g/mol. The number of carbonyl (C=O) groups excluding carboxylic acids is 2. The van der Waals surface area contributed by atoms with Crippen LogP contribution in [-0.4, -0.2) is 25.5 Å². The van der Waals surface area contributed by atoms with Crippen molar-refractivity contribution in [2.75, 3.05) is 12.4 Å². The molecular formula is C13H18N2O3. The fourth-order valence-corrected chi connectivity index (χ4v) is 1.42. The second kappa shape index (κ2) is 6.64. The van der Waals surface area contributed by atoms with Crippen LogP contribution in [0.4, 0.5) is 5.69 Å². The lowest BCUT2D eigenvalue weighted by Gasteiger charge is -2.13. The lowest BCUT2D eigenvalue weighted by atomic mass is 10.1. The molecule has 0 heterocycles. The molecule has 0 aromatic heterocycles. The molecule has 18 heavy (non-hydrogen) atoms. The molecule has 0 saturated heterocycles. The van der Waals surface area contributed by atoms with E-state index in [4.69, 9.17) is 4.74 Å². The van der Waals surface area contributed by atoms with Crippen molar-refractivity contribution in [1.29, 1.82) is 0 Å². The standard InChI is InChI=1S/C13H18N2O3/c1-4-9(2)15-13(17)10-5-6-11(14-8-16)12(7-10)18-3/h5-9H,4H2,1-3H3,(H,14,16)(H,15,17). The van der Waals surface area contributed by atoms with E-state index < -0.39 is 0 Å². The Bertz CT molecular complexity index is 432. The summed E-state index contributed by atoms with van der Waals surface area (Å²) in [5.41, 5.74) is 1.04. The van der Waals surface area contributed by atoms with Crippen LogP contribution < -0.4 is 15.4 Å². The second-order valence-corrected chi connectivity index (χ2v) is 3.96. The largest absolute Gasteiger partial charge is 0.495 e. The smallest absolute Gasteiger partial charge is 0.251 e. The van der Waals surface area contributed by atoms with Gasteiger partial charge in [-0.3, -0.25) is 9.59 Å². The van der Waals surface area contributed by atoms with Gasteiger partial charge in [0.15, 0.2) is 0 Å². The number of amides is 2. The number of anilines is 1. The number of benzene rings is 1. The summed E-state index contributed by atoms with van der Waals surface area (Å²) in [7, 11) is 1.49. The number of hydrogen-bond acceptors (Lipinski definition) is 3. The molecular weight excluding hydrogens is 232 g/mol. The van der Waals surface area contributed by atoms with E-state index in [0.717, 1.165) is 6.42 Å². The van der Waals surface area contributed by atoms with Gasteiger partial charge in [-0.1, -0.05) is 6.92 Å². The third kappa shape index (κ3) is 3.48. The highest BCUT2D eigenvalue weighted by Gasteiger charge is 2.11. The molecule has 5 heteroatoms. The summed E-state index contributed by atoms with van der Waals surface area (Å²) >= 11 is 0. The molecule has 1 aromatic carbocycles. The molecule has 2 N–H and O–H groups in total. The molecule has 98 valence electrons. The molecule has 0 aliphatic rings. The molecule has 2 amide bonds. The molecule has 1 atom stereocenters. The number of carbonyl (C=O) groups is 2. The van der Waals surface area contributed by atoms with Crippen LogP contribution >= 0.6 is 0 Å². The van der Waals surface area contributed by atoms with Crippen molar-refractivity contribution in [1.82, 2.24) is 5.32 Å². The Morgan fingerprint density at radius 2 is 2.22 bits per heavy atom. The summed E-state index contributed by atoms with van der Waals surface area (Å²) in [5.74, 6) is 0.305. The molecule has 0 aliphatic heterocycles. The van der Waals surface area contributed by atoms with Crippen LogP contribution in [0.2, 0.25) is 0 Å². The van der Waals surface area contributed by atoms with Crippen LogP contribution in [-0.2, 0) is 4.79 Å². The fourth-order valence-electron chi connectivity index (χ4n) is 1.42. The number of rotatable bonds is 6. The highest BCUT2D eigenvalue weighted by molar-refractivity contribution is 5.95. The van der Waals surface area contributed by atoms with Crippen molar-refractivity contribution >= 4 is 18.0 Å². The van der Waals surface area contributed by atoms with Crippen LogP contribution in [0.5, 0.6) is 5.75 Å². The predicted octanol–water partition coefficient (Wildman–Crippen LogP) is 1.79. The second-order valence-electron chi connectivity index (χ2n) is 3.96. The Balaban J connectivity index is 2.90. The van der Waals surface area contributed by atoms with Gasteiger partial charge in [0.05, 0.1) is 12.8 Å². The Kier molecular flexibility index (Phi) is 5.17. The number of nitrogens with one attached hydrogen (secondary N) is 2. The lowest BCUT2D eigenvalue weighted by Crippen LogP contribution is -2.31. The summed E-state index contributed by atoms with van der Waals surface area (Å²) < 4.78 is 5.12. The first kappa shape index (κ1) is 14.0. The van der Waals surface area contributed by atoms with Crippen LogP contribution in [0.25, 0.3) is 0 Å². The summed E-state index contributed by atoms with van der Waals surface area (Å²) in [5, 5.41) is 5.37. The predicted molar refractivity (Wildman–Crippen MR) is 69.9 cm³/mol. The Morgan fingerprint density at radius 3 is 2.78 bits per heavy atom. The van der Waals surface area contributed by atoms with Gasteiger partial charge in [0.1, 0.15) is 5.75 Å². The average Bonchev–Trinajstić information content (AvgIpc) is 2.39. The van der Waals surface area contributed by atoms with Crippen LogP contribution in [0.3, 0.4) is 0 Å². The Hall–Kier alpha value is -2.04. The number of ether oxygens (including phenoxy) is 1. The summed E-state index contributed by atoms with van der Waals surface area (Å²) in [6.07, 6.45) is 1.43. The molecule has 0 saturated carbocycles. The topological polar surface area (TPSA) is 67.4 Å². The van der Waals surface area contributed by atoms with Crippen LogP contribution in [0.1, 0.15) is 30.6 Å². The fraction of sp³-hybridized carbons (Fsp3) is 0.385. The van der Waals surface area contributed by atoms with Crippen molar-refractivity contribution in [2.24, 2.45) is 0 Å². The summed E-state index contributed by atoms with van der Waals surface area (Å²) in [6, 6.07) is 5.00. The number of methoxy groups -OCH3 is 1. The zero-order valence-electron chi connectivity index (χ0n) is 10.8. The van der Waals surface area contributed by atoms with Gasteiger partial charge < -0.3 is 15.4 Å². The van der Waals surface area contributed by atoms with Crippen molar-refractivity contribution in [3.63, 3.8) is 0 Å². The normalized spacial score (nSPS) is 11.5. The minimum absolute atomic E-state index is 0.122. The van der Waals surface area contributed by atoms with E-state index in [9.17, 15) is 9.59 Å². The molecule has 1 aromatic rings.